The number of nitrogens with one attached hydrogen (secondary N) is 1. The van der Waals surface area contributed by atoms with Crippen LogP contribution in [0.2, 0.25) is 0 Å². The third kappa shape index (κ3) is 5.68. The summed E-state index contributed by atoms with van der Waals surface area (Å²) in [5.74, 6) is 0.634. The van der Waals surface area contributed by atoms with Gasteiger partial charge in [0.1, 0.15) is 5.78 Å². The molecule has 2 aromatic rings. The monoisotopic (exact) mass is 355 g/mol. The third-order valence-electron chi connectivity index (χ3n) is 4.56. The van der Waals surface area contributed by atoms with E-state index in [1.54, 1.807) is 0 Å². The molecule has 0 aliphatic carbocycles. The molecule has 0 saturated carbocycles. The average Bonchev–Trinajstić information content (AvgIpc) is 2.67. The van der Waals surface area contributed by atoms with Crippen LogP contribution in [0.25, 0.3) is 11.4 Å². The van der Waals surface area contributed by atoms with Crippen LogP contribution in [0.15, 0.2) is 30.6 Å². The number of hydrogen-bond acceptors (Lipinski definition) is 6. The fourth-order valence-electron chi connectivity index (χ4n) is 2.33. The van der Waals surface area contributed by atoms with Crippen LogP contribution in [0.3, 0.4) is 0 Å². The van der Waals surface area contributed by atoms with Crippen molar-refractivity contribution in [2.24, 2.45) is 5.41 Å². The second-order valence-corrected chi connectivity index (χ2v) is 6.86. The Labute approximate surface area is 153 Å². The van der Waals surface area contributed by atoms with E-state index in [4.69, 9.17) is 0 Å². The Balaban J connectivity index is 1.75. The highest BCUT2D eigenvalue weighted by Gasteiger charge is 2.24. The minimum Gasteiger partial charge on any atom is -0.352 e. The van der Waals surface area contributed by atoms with Crippen LogP contribution in [0.4, 0.5) is 0 Å². The normalized spacial score (nSPS) is 11.2. The molecular weight excluding hydrogens is 330 g/mol. The van der Waals surface area contributed by atoms with Crippen molar-refractivity contribution in [3.05, 3.63) is 36.2 Å². The van der Waals surface area contributed by atoms with E-state index in [9.17, 15) is 9.59 Å². The molecule has 1 aromatic carbocycles. The standard InChI is InChI=1S/C19H25N5O2/c1-4-19(2,3)16(25)6-5-7-17(26)20-12-14-8-10-15(11-9-14)18-23-21-13-22-24-18/h8-11,13H,4-7,12H2,1-3H3,(H,20,26). The van der Waals surface area contributed by atoms with Crippen molar-refractivity contribution in [1.82, 2.24) is 25.7 Å². The SMILES string of the molecule is CCC(C)(C)C(=O)CCCC(=O)NCc1ccc(-c2nncnn2)cc1. The predicted molar refractivity (Wildman–Crippen MR) is 97.8 cm³/mol. The van der Waals surface area contributed by atoms with Crippen LogP contribution < -0.4 is 5.32 Å². The highest BCUT2D eigenvalue weighted by Crippen LogP contribution is 2.23. The van der Waals surface area contributed by atoms with Crippen LogP contribution in [-0.2, 0) is 16.1 Å². The van der Waals surface area contributed by atoms with E-state index in [1.165, 1.54) is 6.33 Å². The van der Waals surface area contributed by atoms with E-state index >= 15 is 0 Å². The average molecular weight is 355 g/mol. The first-order valence-corrected chi connectivity index (χ1v) is 8.82. The van der Waals surface area contributed by atoms with Crippen LogP contribution >= 0.6 is 0 Å². The molecule has 0 aliphatic heterocycles. The lowest BCUT2D eigenvalue weighted by Gasteiger charge is -2.20. The molecule has 0 fully saturated rings. The number of hydrogen-bond donors (Lipinski definition) is 1. The van der Waals surface area contributed by atoms with Gasteiger partial charge >= 0.3 is 0 Å². The molecule has 0 aliphatic rings. The predicted octanol–water partition coefficient (Wildman–Crippen LogP) is 2.73. The summed E-state index contributed by atoms with van der Waals surface area (Å²) in [6, 6.07) is 7.54. The summed E-state index contributed by atoms with van der Waals surface area (Å²) in [5, 5.41) is 18.1. The van der Waals surface area contributed by atoms with Crippen LogP contribution in [0.1, 0.15) is 52.0 Å². The van der Waals surface area contributed by atoms with Gasteiger partial charge in [-0.3, -0.25) is 9.59 Å². The largest absolute Gasteiger partial charge is 0.352 e. The van der Waals surface area contributed by atoms with E-state index in [-0.39, 0.29) is 17.1 Å². The lowest BCUT2D eigenvalue weighted by atomic mass is 9.83. The summed E-state index contributed by atoms with van der Waals surface area (Å²) in [7, 11) is 0. The number of amides is 1. The van der Waals surface area contributed by atoms with Gasteiger partial charge in [0.25, 0.3) is 0 Å². The third-order valence-corrected chi connectivity index (χ3v) is 4.56. The van der Waals surface area contributed by atoms with Crippen LogP contribution in [-0.4, -0.2) is 32.1 Å². The van der Waals surface area contributed by atoms with Crippen molar-refractivity contribution in [2.75, 3.05) is 0 Å². The van der Waals surface area contributed by atoms with Crippen LogP contribution in [0, 0.1) is 5.41 Å². The van der Waals surface area contributed by atoms with E-state index in [2.05, 4.69) is 25.7 Å². The molecule has 0 radical (unpaired) electrons. The number of benzene rings is 1. The molecule has 0 unspecified atom stereocenters. The van der Waals surface area contributed by atoms with Crippen LogP contribution in [0.5, 0.6) is 0 Å². The van der Waals surface area contributed by atoms with Gasteiger partial charge in [0, 0.05) is 30.4 Å². The summed E-state index contributed by atoms with van der Waals surface area (Å²) in [5.41, 5.74) is 1.49. The molecule has 0 bridgehead atoms. The maximum Gasteiger partial charge on any atom is 0.220 e. The van der Waals surface area contributed by atoms with Gasteiger partial charge in [-0.25, -0.2) is 0 Å². The summed E-state index contributed by atoms with van der Waals surface area (Å²) in [6.45, 7) is 6.35. The first-order valence-electron chi connectivity index (χ1n) is 8.82. The summed E-state index contributed by atoms with van der Waals surface area (Å²) in [4.78, 5) is 24.0. The first-order chi connectivity index (χ1) is 12.4. The zero-order chi connectivity index (χ0) is 19.0. The molecule has 1 amide bonds. The highest BCUT2D eigenvalue weighted by atomic mass is 16.1. The molecule has 7 heteroatoms. The number of carbonyl (C=O) groups excluding carboxylic acids is 2. The molecule has 0 spiro atoms. The quantitative estimate of drug-likeness (QED) is 0.743. The molecule has 138 valence electrons. The van der Waals surface area contributed by atoms with Crippen molar-refractivity contribution in [3.8, 4) is 11.4 Å². The zero-order valence-corrected chi connectivity index (χ0v) is 15.5. The van der Waals surface area contributed by atoms with Gasteiger partial charge < -0.3 is 5.32 Å². The molecule has 0 saturated heterocycles. The van der Waals surface area contributed by atoms with Gasteiger partial charge in [0.05, 0.1) is 0 Å². The molecule has 2 rings (SSSR count). The number of Topliss-reactive ketones (excluding diaryl/α,β-unsaturated/α-hetero) is 1. The molecule has 1 N–H and O–H groups in total. The van der Waals surface area contributed by atoms with Gasteiger partial charge in [-0.2, -0.15) is 0 Å². The van der Waals surface area contributed by atoms with Crippen molar-refractivity contribution >= 4 is 11.7 Å². The Morgan fingerprint density at radius 3 is 2.31 bits per heavy atom. The highest BCUT2D eigenvalue weighted by molar-refractivity contribution is 5.84. The fraction of sp³-hybridized carbons (Fsp3) is 0.474. The molecule has 7 nitrogen and oxygen atoms in total. The Kier molecular flexibility index (Phi) is 6.89. The smallest absolute Gasteiger partial charge is 0.220 e. The van der Waals surface area contributed by atoms with E-state index < -0.39 is 0 Å². The van der Waals surface area contributed by atoms with Gasteiger partial charge in [0.15, 0.2) is 6.33 Å². The summed E-state index contributed by atoms with van der Waals surface area (Å²) >= 11 is 0. The van der Waals surface area contributed by atoms with Crippen molar-refractivity contribution < 1.29 is 9.59 Å². The first kappa shape index (κ1) is 19.6. The lowest BCUT2D eigenvalue weighted by Crippen LogP contribution is -2.25. The molecule has 0 atom stereocenters. The molecular formula is C19H25N5O2. The lowest BCUT2D eigenvalue weighted by molar-refractivity contribution is -0.127. The Morgan fingerprint density at radius 1 is 1.04 bits per heavy atom. The number of aromatic nitrogens is 4. The maximum absolute atomic E-state index is 12.1. The van der Waals surface area contributed by atoms with Gasteiger partial charge in [-0.15, -0.1) is 20.4 Å². The van der Waals surface area contributed by atoms with Crippen molar-refractivity contribution in [1.29, 1.82) is 0 Å². The topological polar surface area (TPSA) is 97.7 Å². The number of rotatable bonds is 9. The fourth-order valence-corrected chi connectivity index (χ4v) is 2.33. The Hall–Kier alpha value is -2.70. The van der Waals surface area contributed by atoms with Crippen molar-refractivity contribution in [2.45, 2.75) is 53.0 Å². The van der Waals surface area contributed by atoms with Gasteiger partial charge in [0.2, 0.25) is 11.7 Å². The molecule has 1 heterocycles. The number of ketones is 1. The van der Waals surface area contributed by atoms with E-state index in [0.717, 1.165) is 17.5 Å². The summed E-state index contributed by atoms with van der Waals surface area (Å²) in [6.07, 6.45) is 3.48. The Morgan fingerprint density at radius 2 is 1.69 bits per heavy atom. The van der Waals surface area contributed by atoms with E-state index in [0.29, 0.717) is 31.6 Å². The van der Waals surface area contributed by atoms with Gasteiger partial charge in [-0.1, -0.05) is 45.0 Å². The number of nitrogens with zero attached hydrogens (tertiary/aromatic N) is 4. The van der Waals surface area contributed by atoms with Crippen molar-refractivity contribution in [3.63, 3.8) is 0 Å². The minimum absolute atomic E-state index is 0.0454. The molecule has 1 aromatic heterocycles. The second kappa shape index (κ2) is 9.12. The summed E-state index contributed by atoms with van der Waals surface area (Å²) < 4.78 is 0. The number of carbonyl (C=O) groups is 2. The van der Waals surface area contributed by atoms with E-state index in [1.807, 2.05) is 45.0 Å². The molecule has 26 heavy (non-hydrogen) atoms. The zero-order valence-electron chi connectivity index (χ0n) is 15.5. The van der Waals surface area contributed by atoms with Gasteiger partial charge in [-0.05, 0) is 18.4 Å². The maximum atomic E-state index is 12.1. The minimum atomic E-state index is -0.300. The second-order valence-electron chi connectivity index (χ2n) is 6.86. The Bertz CT molecular complexity index is 729.